The van der Waals surface area contributed by atoms with E-state index in [0.717, 1.165) is 54.3 Å². The minimum Gasteiger partial charge on any atom is -0.493 e. The Hall–Kier alpha value is -0.980. The molecule has 0 bridgehead atoms. The van der Waals surface area contributed by atoms with Gasteiger partial charge in [0.05, 0.1) is 11.6 Å². The summed E-state index contributed by atoms with van der Waals surface area (Å²) in [7, 11) is 1.68. The van der Waals surface area contributed by atoms with Crippen LogP contribution in [0.5, 0.6) is 11.5 Å². The molecule has 0 aliphatic heterocycles. The molecule has 7 heteroatoms. The minimum absolute atomic E-state index is 0. The van der Waals surface area contributed by atoms with Crippen LogP contribution in [-0.4, -0.2) is 38.2 Å². The molecule has 0 aliphatic carbocycles. The molecule has 164 valence electrons. The number of methoxy groups -OCH3 is 1. The molecule has 2 aromatic carbocycles. The van der Waals surface area contributed by atoms with Crippen LogP contribution in [0.4, 0.5) is 0 Å². The van der Waals surface area contributed by atoms with E-state index in [4.69, 9.17) is 9.47 Å². The number of nitrogens with zero attached hydrogens (tertiary/aromatic N) is 1. The molecule has 0 aliphatic rings. The van der Waals surface area contributed by atoms with Gasteiger partial charge in [-0.15, -0.1) is 24.8 Å². The molecular formula is C22H33BrCl2N2O2. The van der Waals surface area contributed by atoms with E-state index in [1.807, 2.05) is 6.07 Å². The SMILES string of the molecule is CCN(CC)CCNCc1cc(Br)c(OCc2ccc(C)cc2)c(OC)c1.Cl.Cl. The first-order chi connectivity index (χ1) is 13.1. The summed E-state index contributed by atoms with van der Waals surface area (Å²) in [5.41, 5.74) is 3.55. The maximum atomic E-state index is 6.03. The van der Waals surface area contributed by atoms with Gasteiger partial charge >= 0.3 is 0 Å². The second-order valence-corrected chi connectivity index (χ2v) is 7.44. The number of nitrogens with one attached hydrogen (secondary N) is 1. The second kappa shape index (κ2) is 14.9. The van der Waals surface area contributed by atoms with Crippen molar-refractivity contribution in [1.29, 1.82) is 0 Å². The molecule has 0 amide bonds. The molecule has 0 heterocycles. The number of rotatable bonds is 11. The Morgan fingerprint density at radius 3 is 2.24 bits per heavy atom. The fourth-order valence-electron chi connectivity index (χ4n) is 2.86. The van der Waals surface area contributed by atoms with Crippen LogP contribution in [0.1, 0.15) is 30.5 Å². The van der Waals surface area contributed by atoms with Crippen molar-refractivity contribution in [2.75, 3.05) is 33.3 Å². The number of hydrogen-bond donors (Lipinski definition) is 1. The van der Waals surface area contributed by atoms with Crippen LogP contribution in [0.25, 0.3) is 0 Å². The van der Waals surface area contributed by atoms with Crippen molar-refractivity contribution in [3.63, 3.8) is 0 Å². The normalized spacial score (nSPS) is 10.3. The van der Waals surface area contributed by atoms with Crippen LogP contribution < -0.4 is 14.8 Å². The average Bonchev–Trinajstić information content (AvgIpc) is 2.68. The maximum absolute atomic E-state index is 6.03. The van der Waals surface area contributed by atoms with E-state index in [1.165, 1.54) is 11.1 Å². The van der Waals surface area contributed by atoms with Gasteiger partial charge in [0.15, 0.2) is 11.5 Å². The first-order valence-electron chi connectivity index (χ1n) is 9.55. The number of aryl methyl sites for hydroxylation is 1. The first-order valence-corrected chi connectivity index (χ1v) is 10.3. The van der Waals surface area contributed by atoms with Crippen molar-refractivity contribution in [2.24, 2.45) is 0 Å². The van der Waals surface area contributed by atoms with Crippen LogP contribution >= 0.6 is 40.7 Å². The van der Waals surface area contributed by atoms with E-state index in [-0.39, 0.29) is 24.8 Å². The van der Waals surface area contributed by atoms with Gasteiger partial charge in [0.2, 0.25) is 0 Å². The Kier molecular flexibility index (Phi) is 14.4. The van der Waals surface area contributed by atoms with Gasteiger partial charge in [-0.1, -0.05) is 43.7 Å². The third-order valence-corrected chi connectivity index (χ3v) is 5.21. The summed E-state index contributed by atoms with van der Waals surface area (Å²) in [5.74, 6) is 1.49. The highest BCUT2D eigenvalue weighted by atomic mass is 79.9. The monoisotopic (exact) mass is 506 g/mol. The minimum atomic E-state index is 0. The maximum Gasteiger partial charge on any atom is 0.175 e. The van der Waals surface area contributed by atoms with Crippen LogP contribution in [-0.2, 0) is 13.2 Å². The van der Waals surface area contributed by atoms with Crippen molar-refractivity contribution in [2.45, 2.75) is 33.9 Å². The molecule has 0 atom stereocenters. The zero-order valence-electron chi connectivity index (χ0n) is 17.7. The summed E-state index contributed by atoms with van der Waals surface area (Å²) in [6, 6.07) is 12.5. The molecule has 0 aromatic heterocycles. The number of halogens is 3. The molecule has 0 radical (unpaired) electrons. The van der Waals surface area contributed by atoms with Gasteiger partial charge in [0.1, 0.15) is 6.61 Å². The van der Waals surface area contributed by atoms with E-state index >= 15 is 0 Å². The Balaban J connectivity index is 0.00000392. The van der Waals surface area contributed by atoms with Gasteiger partial charge < -0.3 is 19.7 Å². The van der Waals surface area contributed by atoms with Crippen LogP contribution in [0.3, 0.4) is 0 Å². The fourth-order valence-corrected chi connectivity index (χ4v) is 3.47. The highest BCUT2D eigenvalue weighted by Crippen LogP contribution is 2.37. The van der Waals surface area contributed by atoms with Gasteiger partial charge in [0.25, 0.3) is 0 Å². The summed E-state index contributed by atoms with van der Waals surface area (Å²) >= 11 is 3.64. The van der Waals surface area contributed by atoms with Crippen molar-refractivity contribution < 1.29 is 9.47 Å². The predicted molar refractivity (Wildman–Crippen MR) is 130 cm³/mol. The highest BCUT2D eigenvalue weighted by Gasteiger charge is 2.12. The van der Waals surface area contributed by atoms with Crippen LogP contribution in [0.15, 0.2) is 40.9 Å². The van der Waals surface area contributed by atoms with E-state index in [0.29, 0.717) is 6.61 Å². The quantitative estimate of drug-likeness (QED) is 0.400. The van der Waals surface area contributed by atoms with Crippen molar-refractivity contribution >= 4 is 40.7 Å². The van der Waals surface area contributed by atoms with E-state index in [2.05, 4.69) is 77.2 Å². The molecule has 1 N–H and O–H groups in total. The lowest BCUT2D eigenvalue weighted by Crippen LogP contribution is -2.31. The number of ether oxygens (including phenoxy) is 2. The molecule has 2 aromatic rings. The Labute approximate surface area is 196 Å². The summed E-state index contributed by atoms with van der Waals surface area (Å²) in [6.45, 7) is 12.0. The molecule has 4 nitrogen and oxygen atoms in total. The third kappa shape index (κ3) is 9.14. The van der Waals surface area contributed by atoms with E-state index in [1.54, 1.807) is 7.11 Å². The van der Waals surface area contributed by atoms with E-state index in [9.17, 15) is 0 Å². The molecule has 0 fully saturated rings. The molecule has 29 heavy (non-hydrogen) atoms. The molecule has 0 saturated carbocycles. The summed E-state index contributed by atoms with van der Waals surface area (Å²) < 4.78 is 12.5. The summed E-state index contributed by atoms with van der Waals surface area (Å²) in [6.07, 6.45) is 0. The van der Waals surface area contributed by atoms with Gasteiger partial charge in [0, 0.05) is 19.6 Å². The summed E-state index contributed by atoms with van der Waals surface area (Å²) in [5, 5.41) is 3.50. The molecule has 0 spiro atoms. The number of likely N-dealkylation sites (N-methyl/N-ethyl adjacent to an activating group) is 1. The van der Waals surface area contributed by atoms with Crippen LogP contribution in [0, 0.1) is 6.92 Å². The summed E-state index contributed by atoms with van der Waals surface area (Å²) in [4.78, 5) is 2.41. The molecule has 2 rings (SSSR count). The van der Waals surface area contributed by atoms with Gasteiger partial charge in [-0.05, 0) is 59.2 Å². The Bertz CT molecular complexity index is 711. The van der Waals surface area contributed by atoms with Crippen molar-refractivity contribution in [3.8, 4) is 11.5 Å². The Morgan fingerprint density at radius 2 is 1.66 bits per heavy atom. The van der Waals surface area contributed by atoms with E-state index < -0.39 is 0 Å². The largest absolute Gasteiger partial charge is 0.493 e. The number of benzene rings is 2. The Morgan fingerprint density at radius 1 is 1.00 bits per heavy atom. The average molecular weight is 508 g/mol. The molecular weight excluding hydrogens is 475 g/mol. The second-order valence-electron chi connectivity index (χ2n) is 6.59. The van der Waals surface area contributed by atoms with Crippen LogP contribution in [0.2, 0.25) is 0 Å². The zero-order chi connectivity index (χ0) is 19.6. The predicted octanol–water partition coefficient (Wildman–Crippen LogP) is 5.62. The zero-order valence-corrected chi connectivity index (χ0v) is 20.9. The lowest BCUT2D eigenvalue weighted by Gasteiger charge is -2.18. The van der Waals surface area contributed by atoms with Crippen molar-refractivity contribution in [3.05, 3.63) is 57.6 Å². The molecule has 0 unspecified atom stereocenters. The standard InChI is InChI=1S/C22H31BrN2O2.2ClH/c1-5-25(6-2)12-11-24-15-19-13-20(23)22(21(14-19)26-4)27-16-18-9-7-17(3)8-10-18;;/h7-10,13-14,24H,5-6,11-12,15-16H2,1-4H3;2*1H. The lowest BCUT2D eigenvalue weighted by atomic mass is 10.1. The van der Waals surface area contributed by atoms with Gasteiger partial charge in [-0.3, -0.25) is 0 Å². The van der Waals surface area contributed by atoms with Crippen molar-refractivity contribution in [1.82, 2.24) is 10.2 Å². The van der Waals surface area contributed by atoms with Gasteiger partial charge in [-0.2, -0.15) is 0 Å². The topological polar surface area (TPSA) is 33.7 Å². The fraction of sp³-hybridized carbons (Fsp3) is 0.455. The smallest absolute Gasteiger partial charge is 0.175 e. The third-order valence-electron chi connectivity index (χ3n) is 4.62. The first kappa shape index (κ1) is 28.0. The molecule has 0 saturated heterocycles. The number of hydrogen-bond acceptors (Lipinski definition) is 4. The highest BCUT2D eigenvalue weighted by molar-refractivity contribution is 9.10. The lowest BCUT2D eigenvalue weighted by molar-refractivity contribution is 0.282. The van der Waals surface area contributed by atoms with Gasteiger partial charge in [-0.25, -0.2) is 0 Å².